The van der Waals surface area contributed by atoms with Crippen LogP contribution in [0.3, 0.4) is 0 Å². The molecule has 116 valence electrons. The number of nitrogens with zero attached hydrogens (tertiary/aromatic N) is 2. The number of aliphatic carboxylic acids is 1. The van der Waals surface area contributed by atoms with Crippen LogP contribution in [0.2, 0.25) is 0 Å². The summed E-state index contributed by atoms with van der Waals surface area (Å²) in [5.74, 6) is -0.961. The molecule has 1 fully saturated rings. The minimum absolute atomic E-state index is 0.315. The van der Waals surface area contributed by atoms with E-state index in [2.05, 4.69) is 0 Å². The zero-order valence-electron chi connectivity index (χ0n) is 13.1. The number of carbonyl (C=O) groups is 2. The van der Waals surface area contributed by atoms with Crippen LogP contribution in [0.15, 0.2) is 0 Å². The second kappa shape index (κ2) is 5.99. The summed E-state index contributed by atoms with van der Waals surface area (Å²) in [4.78, 5) is 27.4. The van der Waals surface area contributed by atoms with E-state index in [4.69, 9.17) is 4.74 Å². The van der Waals surface area contributed by atoms with Crippen molar-refractivity contribution in [2.75, 3.05) is 26.7 Å². The summed E-state index contributed by atoms with van der Waals surface area (Å²) in [6.07, 6.45) is 0.652. The van der Waals surface area contributed by atoms with Crippen LogP contribution in [0.4, 0.5) is 4.79 Å². The van der Waals surface area contributed by atoms with Crippen LogP contribution in [0.1, 0.15) is 40.5 Å². The van der Waals surface area contributed by atoms with Crippen molar-refractivity contribution in [1.82, 2.24) is 9.80 Å². The fourth-order valence-electron chi connectivity index (χ4n) is 2.68. The highest BCUT2D eigenvalue weighted by Crippen LogP contribution is 2.29. The Morgan fingerprint density at radius 3 is 2.40 bits per heavy atom. The molecule has 1 unspecified atom stereocenters. The number of hydrogen-bond acceptors (Lipinski definition) is 4. The zero-order valence-corrected chi connectivity index (χ0v) is 13.1. The monoisotopic (exact) mass is 286 g/mol. The highest BCUT2D eigenvalue weighted by atomic mass is 16.6. The molecule has 0 aromatic heterocycles. The summed E-state index contributed by atoms with van der Waals surface area (Å²) in [5, 5.41) is 9.68. The van der Waals surface area contributed by atoms with E-state index in [-0.39, 0.29) is 0 Å². The van der Waals surface area contributed by atoms with Crippen LogP contribution in [-0.2, 0) is 9.53 Å². The van der Waals surface area contributed by atoms with Gasteiger partial charge in [-0.05, 0) is 54.1 Å². The van der Waals surface area contributed by atoms with Gasteiger partial charge in [-0.3, -0.25) is 4.90 Å². The molecule has 6 nitrogen and oxygen atoms in total. The quantitative estimate of drug-likeness (QED) is 0.856. The number of carboxylic acid groups (broad SMARTS) is 1. The van der Waals surface area contributed by atoms with Crippen molar-refractivity contribution < 1.29 is 19.4 Å². The van der Waals surface area contributed by atoms with Crippen molar-refractivity contribution in [1.29, 1.82) is 0 Å². The van der Waals surface area contributed by atoms with Crippen molar-refractivity contribution >= 4 is 12.1 Å². The number of amides is 1. The molecule has 1 aliphatic rings. The van der Waals surface area contributed by atoms with Gasteiger partial charge in [-0.1, -0.05) is 0 Å². The van der Waals surface area contributed by atoms with E-state index in [9.17, 15) is 14.7 Å². The van der Waals surface area contributed by atoms with Gasteiger partial charge < -0.3 is 14.7 Å². The topological polar surface area (TPSA) is 70.1 Å². The first-order valence-corrected chi connectivity index (χ1v) is 7.05. The number of rotatable bonds is 3. The Hall–Kier alpha value is -1.30. The maximum atomic E-state index is 12.3. The van der Waals surface area contributed by atoms with E-state index in [1.165, 1.54) is 4.90 Å². The summed E-state index contributed by atoms with van der Waals surface area (Å²) in [6, 6.07) is 0. The molecule has 6 heteroatoms. The SMILES string of the molecule is CCN(C(=O)OC(C)(C)C)C1(C(=O)O)CCCN(C)C1. The molecule has 1 aliphatic heterocycles. The fourth-order valence-corrected chi connectivity index (χ4v) is 2.68. The van der Waals surface area contributed by atoms with Crippen molar-refractivity contribution in [3.8, 4) is 0 Å². The molecule has 20 heavy (non-hydrogen) atoms. The van der Waals surface area contributed by atoms with Crippen molar-refractivity contribution in [2.24, 2.45) is 0 Å². The number of hydrogen-bond donors (Lipinski definition) is 1. The van der Waals surface area contributed by atoms with Gasteiger partial charge in [0.2, 0.25) is 0 Å². The van der Waals surface area contributed by atoms with Crippen LogP contribution in [-0.4, -0.2) is 64.8 Å². The van der Waals surface area contributed by atoms with Gasteiger partial charge in [-0.15, -0.1) is 0 Å². The zero-order chi connectivity index (χ0) is 15.6. The van der Waals surface area contributed by atoms with Gasteiger partial charge in [0.15, 0.2) is 5.54 Å². The lowest BCUT2D eigenvalue weighted by Gasteiger charge is -2.45. The molecule has 1 atom stereocenters. The molecule has 0 bridgehead atoms. The van der Waals surface area contributed by atoms with Gasteiger partial charge in [-0.25, -0.2) is 9.59 Å². The molecule has 1 N–H and O–H groups in total. The van der Waals surface area contributed by atoms with Crippen molar-refractivity contribution in [2.45, 2.75) is 51.7 Å². The lowest BCUT2D eigenvalue weighted by molar-refractivity contribution is -0.155. The number of carbonyl (C=O) groups excluding carboxylic acids is 1. The Labute approximate surface area is 120 Å². The van der Waals surface area contributed by atoms with Crippen molar-refractivity contribution in [3.05, 3.63) is 0 Å². The third-order valence-corrected chi connectivity index (χ3v) is 3.51. The maximum absolute atomic E-state index is 12.3. The molecule has 1 amide bonds. The van der Waals surface area contributed by atoms with Crippen LogP contribution in [0, 0.1) is 0 Å². The fraction of sp³-hybridized carbons (Fsp3) is 0.857. The minimum atomic E-state index is -1.19. The largest absolute Gasteiger partial charge is 0.479 e. The van der Waals surface area contributed by atoms with Gasteiger partial charge in [0.25, 0.3) is 0 Å². The standard InChI is InChI=1S/C14H26N2O4/c1-6-16(12(19)20-13(2,3)4)14(11(17)18)8-7-9-15(5)10-14/h6-10H2,1-5H3,(H,17,18). The predicted molar refractivity (Wildman–Crippen MR) is 75.7 cm³/mol. The Kier molecular flexibility index (Phi) is 5.02. The van der Waals surface area contributed by atoms with Gasteiger partial charge in [0, 0.05) is 13.1 Å². The maximum Gasteiger partial charge on any atom is 0.411 e. The molecule has 0 aromatic carbocycles. The molecule has 0 aliphatic carbocycles. The molecule has 0 saturated carbocycles. The van der Waals surface area contributed by atoms with Crippen molar-refractivity contribution in [3.63, 3.8) is 0 Å². The number of likely N-dealkylation sites (tertiary alicyclic amines) is 1. The summed E-state index contributed by atoms with van der Waals surface area (Å²) in [6.45, 7) is 8.60. The van der Waals surface area contributed by atoms with E-state index in [0.29, 0.717) is 19.5 Å². The average molecular weight is 286 g/mol. The summed E-state index contributed by atoms with van der Waals surface area (Å²) < 4.78 is 5.36. The highest BCUT2D eigenvalue weighted by molar-refractivity contribution is 5.85. The predicted octanol–water partition coefficient (Wildman–Crippen LogP) is 1.79. The first-order chi connectivity index (χ1) is 9.12. The lowest BCUT2D eigenvalue weighted by atomic mass is 9.87. The Morgan fingerprint density at radius 1 is 1.40 bits per heavy atom. The minimum Gasteiger partial charge on any atom is -0.479 e. The molecular weight excluding hydrogens is 260 g/mol. The van der Waals surface area contributed by atoms with Gasteiger partial charge >= 0.3 is 12.1 Å². The smallest absolute Gasteiger partial charge is 0.411 e. The summed E-state index contributed by atoms with van der Waals surface area (Å²) in [5.41, 5.74) is -1.82. The van der Waals surface area contributed by atoms with E-state index in [1.54, 1.807) is 27.7 Å². The number of likely N-dealkylation sites (N-methyl/N-ethyl adjacent to an activating group) is 2. The van der Waals surface area contributed by atoms with Crippen LogP contribution < -0.4 is 0 Å². The third-order valence-electron chi connectivity index (χ3n) is 3.51. The van der Waals surface area contributed by atoms with Crippen LogP contribution >= 0.6 is 0 Å². The van der Waals surface area contributed by atoms with Crippen LogP contribution in [0.25, 0.3) is 0 Å². The lowest BCUT2D eigenvalue weighted by Crippen LogP contribution is -2.64. The molecule has 1 heterocycles. The van der Waals surface area contributed by atoms with E-state index >= 15 is 0 Å². The van der Waals surface area contributed by atoms with E-state index in [1.807, 2.05) is 11.9 Å². The first kappa shape index (κ1) is 16.8. The van der Waals surface area contributed by atoms with Crippen LogP contribution in [0.5, 0.6) is 0 Å². The highest BCUT2D eigenvalue weighted by Gasteiger charge is 2.49. The average Bonchev–Trinajstić information content (AvgIpc) is 2.27. The molecule has 0 aromatic rings. The molecule has 0 spiro atoms. The Balaban J connectivity index is 3.04. The Bertz CT molecular complexity index is 378. The Morgan fingerprint density at radius 2 is 2.00 bits per heavy atom. The van der Waals surface area contributed by atoms with Gasteiger partial charge in [0.1, 0.15) is 5.60 Å². The third kappa shape index (κ3) is 3.62. The van der Waals surface area contributed by atoms with Gasteiger partial charge in [0.05, 0.1) is 0 Å². The second-order valence-electron chi connectivity index (χ2n) is 6.40. The molecular formula is C14H26N2O4. The number of carboxylic acids is 1. The number of piperidine rings is 1. The van der Waals surface area contributed by atoms with E-state index in [0.717, 1.165) is 13.0 Å². The summed E-state index contributed by atoms with van der Waals surface area (Å²) in [7, 11) is 1.87. The van der Waals surface area contributed by atoms with Gasteiger partial charge in [-0.2, -0.15) is 0 Å². The van der Waals surface area contributed by atoms with E-state index < -0.39 is 23.2 Å². The second-order valence-corrected chi connectivity index (χ2v) is 6.40. The summed E-state index contributed by atoms with van der Waals surface area (Å²) >= 11 is 0. The first-order valence-electron chi connectivity index (χ1n) is 7.05. The number of ether oxygens (including phenoxy) is 1. The molecule has 1 saturated heterocycles. The normalized spacial score (nSPS) is 24.2. The molecule has 0 radical (unpaired) electrons. The molecule has 1 rings (SSSR count).